The zero-order valence-electron chi connectivity index (χ0n) is 11.5. The summed E-state index contributed by atoms with van der Waals surface area (Å²) in [6.07, 6.45) is 2.37. The van der Waals surface area contributed by atoms with Crippen molar-refractivity contribution in [2.75, 3.05) is 19.6 Å². The molecule has 1 spiro atoms. The van der Waals surface area contributed by atoms with Gasteiger partial charge in [0.05, 0.1) is 5.02 Å². The van der Waals surface area contributed by atoms with Crippen LogP contribution < -0.4 is 5.32 Å². The Kier molecular flexibility index (Phi) is 4.14. The van der Waals surface area contributed by atoms with Crippen LogP contribution in [0.15, 0.2) is 18.2 Å². The summed E-state index contributed by atoms with van der Waals surface area (Å²) in [6, 6.07) is 5.42. The normalized spacial score (nSPS) is 20.7. The number of carbonyl (C=O) groups is 2. The van der Waals surface area contributed by atoms with Gasteiger partial charge in [0.25, 0.3) is 5.91 Å². The van der Waals surface area contributed by atoms with Gasteiger partial charge >= 0.3 is 0 Å². The van der Waals surface area contributed by atoms with Crippen LogP contribution in [0.1, 0.15) is 29.6 Å². The number of piperidine rings is 1. The molecule has 0 radical (unpaired) electrons. The summed E-state index contributed by atoms with van der Waals surface area (Å²) in [4.78, 5) is 25.8. The van der Waals surface area contributed by atoms with Gasteiger partial charge in [0, 0.05) is 35.2 Å². The number of halogens is 2. The number of nitrogens with one attached hydrogen (secondary N) is 1. The van der Waals surface area contributed by atoms with Crippen LogP contribution in [0.2, 0.25) is 5.02 Å². The summed E-state index contributed by atoms with van der Waals surface area (Å²) in [5.41, 5.74) is 0.703. The molecule has 0 bridgehead atoms. The molecule has 112 valence electrons. The van der Waals surface area contributed by atoms with E-state index in [0.29, 0.717) is 30.1 Å². The maximum absolute atomic E-state index is 12.5. The predicted molar refractivity (Wildman–Crippen MR) is 89.4 cm³/mol. The Labute approximate surface area is 142 Å². The largest absolute Gasteiger partial charge is 0.356 e. The second-order valence-corrected chi connectivity index (χ2v) is 7.44. The highest BCUT2D eigenvalue weighted by Crippen LogP contribution is 2.37. The highest BCUT2D eigenvalue weighted by atomic mass is 127. The van der Waals surface area contributed by atoms with Crippen molar-refractivity contribution in [3.63, 3.8) is 0 Å². The van der Waals surface area contributed by atoms with Crippen LogP contribution in [0.3, 0.4) is 0 Å². The van der Waals surface area contributed by atoms with Crippen LogP contribution in [-0.2, 0) is 4.79 Å². The average molecular weight is 419 g/mol. The van der Waals surface area contributed by atoms with Gasteiger partial charge in [-0.15, -0.1) is 0 Å². The molecule has 2 fully saturated rings. The van der Waals surface area contributed by atoms with Crippen molar-refractivity contribution in [3.8, 4) is 0 Å². The van der Waals surface area contributed by atoms with Crippen LogP contribution in [0.25, 0.3) is 0 Å². The van der Waals surface area contributed by atoms with E-state index in [-0.39, 0.29) is 17.2 Å². The smallest absolute Gasteiger partial charge is 0.253 e. The van der Waals surface area contributed by atoms with Crippen molar-refractivity contribution in [2.45, 2.75) is 19.3 Å². The van der Waals surface area contributed by atoms with E-state index in [1.165, 1.54) is 0 Å². The standard InChI is InChI=1S/C15H16ClIN2O2/c16-11-7-10(1-2-12(11)17)14(21)19-5-3-15(4-6-19)8-13(20)18-9-15/h1-2,7H,3-6,8-9H2,(H,18,20). The maximum Gasteiger partial charge on any atom is 0.253 e. The van der Waals surface area contributed by atoms with E-state index in [9.17, 15) is 9.59 Å². The molecule has 0 unspecified atom stereocenters. The van der Waals surface area contributed by atoms with Gasteiger partial charge in [-0.05, 0) is 59.0 Å². The fourth-order valence-corrected chi connectivity index (χ4v) is 3.62. The first-order valence-corrected chi connectivity index (χ1v) is 8.46. The lowest BCUT2D eigenvalue weighted by atomic mass is 9.77. The van der Waals surface area contributed by atoms with Crippen molar-refractivity contribution < 1.29 is 9.59 Å². The van der Waals surface area contributed by atoms with Crippen molar-refractivity contribution in [1.82, 2.24) is 10.2 Å². The van der Waals surface area contributed by atoms with Gasteiger partial charge in [0.1, 0.15) is 0 Å². The maximum atomic E-state index is 12.5. The number of hydrogen-bond donors (Lipinski definition) is 1. The molecular formula is C15H16ClIN2O2. The quantitative estimate of drug-likeness (QED) is 0.713. The topological polar surface area (TPSA) is 49.4 Å². The van der Waals surface area contributed by atoms with Crippen molar-refractivity contribution in [2.24, 2.45) is 5.41 Å². The van der Waals surface area contributed by atoms with E-state index in [1.54, 1.807) is 6.07 Å². The highest BCUT2D eigenvalue weighted by molar-refractivity contribution is 14.1. The first-order valence-electron chi connectivity index (χ1n) is 7.00. The molecule has 21 heavy (non-hydrogen) atoms. The van der Waals surface area contributed by atoms with Gasteiger partial charge in [-0.2, -0.15) is 0 Å². The minimum absolute atomic E-state index is 0.0282. The Morgan fingerprint density at radius 2 is 2.05 bits per heavy atom. The van der Waals surface area contributed by atoms with Crippen LogP contribution in [0.4, 0.5) is 0 Å². The molecule has 2 saturated heterocycles. The van der Waals surface area contributed by atoms with E-state index in [0.717, 1.165) is 23.0 Å². The number of rotatable bonds is 1. The molecule has 3 rings (SSSR count). The molecule has 0 aliphatic carbocycles. The molecule has 2 amide bonds. The van der Waals surface area contributed by atoms with Gasteiger partial charge in [0.2, 0.25) is 5.91 Å². The van der Waals surface area contributed by atoms with E-state index in [4.69, 9.17) is 11.6 Å². The molecule has 0 aromatic heterocycles. The zero-order chi connectivity index (χ0) is 15.0. The number of likely N-dealkylation sites (tertiary alicyclic amines) is 1. The molecule has 1 N–H and O–H groups in total. The third-order valence-electron chi connectivity index (χ3n) is 4.47. The molecule has 6 heteroatoms. The third-order valence-corrected chi connectivity index (χ3v) is 6.05. The van der Waals surface area contributed by atoms with Gasteiger partial charge in [-0.25, -0.2) is 0 Å². The Hall–Kier alpha value is -0.820. The molecule has 1 aromatic carbocycles. The van der Waals surface area contributed by atoms with Gasteiger partial charge < -0.3 is 10.2 Å². The summed E-state index contributed by atoms with van der Waals surface area (Å²) >= 11 is 8.23. The van der Waals surface area contributed by atoms with E-state index in [2.05, 4.69) is 27.9 Å². The molecule has 2 heterocycles. The molecule has 1 aromatic rings. The lowest BCUT2D eigenvalue weighted by Crippen LogP contribution is -2.44. The fraction of sp³-hybridized carbons (Fsp3) is 0.467. The minimum Gasteiger partial charge on any atom is -0.356 e. The molecule has 2 aliphatic rings. The first-order chi connectivity index (χ1) is 9.99. The first kappa shape index (κ1) is 15.1. The lowest BCUT2D eigenvalue weighted by molar-refractivity contribution is -0.119. The number of carbonyl (C=O) groups excluding carboxylic acids is 2. The minimum atomic E-state index is 0.0282. The third kappa shape index (κ3) is 3.04. The zero-order valence-corrected chi connectivity index (χ0v) is 14.4. The van der Waals surface area contributed by atoms with Crippen LogP contribution >= 0.6 is 34.2 Å². The molecule has 4 nitrogen and oxygen atoms in total. The SMILES string of the molecule is O=C1CC2(CCN(C(=O)c3ccc(I)c(Cl)c3)CC2)CN1. The predicted octanol–water partition coefficient (Wildman–Crippen LogP) is 2.69. The van der Waals surface area contributed by atoms with Gasteiger partial charge in [-0.3, -0.25) is 9.59 Å². The second kappa shape index (κ2) is 5.76. The van der Waals surface area contributed by atoms with E-state index in [1.807, 2.05) is 17.0 Å². The van der Waals surface area contributed by atoms with Crippen molar-refractivity contribution in [1.29, 1.82) is 0 Å². The van der Waals surface area contributed by atoms with Gasteiger partial charge in [-0.1, -0.05) is 11.6 Å². The Balaban J connectivity index is 1.67. The monoisotopic (exact) mass is 418 g/mol. The summed E-state index contributed by atoms with van der Waals surface area (Å²) in [6.45, 7) is 2.16. The number of nitrogens with zero attached hydrogens (tertiary/aromatic N) is 1. The van der Waals surface area contributed by atoms with E-state index >= 15 is 0 Å². The highest BCUT2D eigenvalue weighted by Gasteiger charge is 2.41. The second-order valence-electron chi connectivity index (χ2n) is 5.87. The average Bonchev–Trinajstić information content (AvgIpc) is 2.83. The Morgan fingerprint density at radius 1 is 1.33 bits per heavy atom. The van der Waals surface area contributed by atoms with Crippen molar-refractivity contribution in [3.05, 3.63) is 32.4 Å². The molecule has 2 aliphatic heterocycles. The van der Waals surface area contributed by atoms with Gasteiger partial charge in [0.15, 0.2) is 0 Å². The summed E-state index contributed by atoms with van der Waals surface area (Å²) < 4.78 is 0.943. The fourth-order valence-electron chi connectivity index (χ4n) is 3.10. The molecule has 0 saturated carbocycles. The molecular weight excluding hydrogens is 403 g/mol. The summed E-state index contributed by atoms with van der Waals surface area (Å²) in [7, 11) is 0. The molecule has 0 atom stereocenters. The van der Waals surface area contributed by atoms with Crippen LogP contribution in [0.5, 0.6) is 0 Å². The Bertz CT molecular complexity index is 597. The number of amides is 2. The lowest BCUT2D eigenvalue weighted by Gasteiger charge is -2.38. The summed E-state index contributed by atoms with van der Waals surface area (Å²) in [5, 5.41) is 3.52. The van der Waals surface area contributed by atoms with Crippen molar-refractivity contribution >= 4 is 46.0 Å². The number of hydrogen-bond acceptors (Lipinski definition) is 2. The van der Waals surface area contributed by atoms with E-state index < -0.39 is 0 Å². The van der Waals surface area contributed by atoms with Crippen LogP contribution in [-0.4, -0.2) is 36.3 Å². The van der Waals surface area contributed by atoms with Crippen LogP contribution in [0, 0.1) is 8.99 Å². The number of benzene rings is 1. The summed E-state index contributed by atoms with van der Waals surface area (Å²) in [5.74, 6) is 0.166. The Morgan fingerprint density at radius 3 is 2.62 bits per heavy atom.